The maximum atomic E-state index is 12.9. The molecular formula is C16H17FN2O2. The molecule has 110 valence electrons. The van der Waals surface area contributed by atoms with Crippen molar-refractivity contribution in [2.24, 2.45) is 5.92 Å². The smallest absolute Gasteiger partial charge is 0.292 e. The first-order valence-corrected chi connectivity index (χ1v) is 7.15. The van der Waals surface area contributed by atoms with Gasteiger partial charge in [0.15, 0.2) is 0 Å². The van der Waals surface area contributed by atoms with Gasteiger partial charge in [-0.05, 0) is 43.0 Å². The standard InChI is InChI=1S/C16H17FN2O2/c1-11-6-8-19(9-7-11)16(20)15-10-14(18-21-15)12-2-4-13(17)5-3-12/h2-5,10-11H,6-9H2,1H3. The van der Waals surface area contributed by atoms with Gasteiger partial charge in [-0.1, -0.05) is 12.1 Å². The van der Waals surface area contributed by atoms with Gasteiger partial charge in [-0.25, -0.2) is 4.39 Å². The van der Waals surface area contributed by atoms with E-state index >= 15 is 0 Å². The van der Waals surface area contributed by atoms with Crippen molar-refractivity contribution in [3.05, 3.63) is 41.9 Å². The van der Waals surface area contributed by atoms with Gasteiger partial charge in [-0.2, -0.15) is 0 Å². The van der Waals surface area contributed by atoms with Crippen LogP contribution in [0.2, 0.25) is 0 Å². The molecular weight excluding hydrogens is 271 g/mol. The van der Waals surface area contributed by atoms with Crippen molar-refractivity contribution in [3.8, 4) is 11.3 Å². The summed E-state index contributed by atoms with van der Waals surface area (Å²) in [6.07, 6.45) is 2.04. The molecule has 0 N–H and O–H groups in total. The predicted octanol–water partition coefficient (Wildman–Crippen LogP) is 3.35. The Morgan fingerprint density at radius 2 is 1.95 bits per heavy atom. The number of carbonyl (C=O) groups excluding carboxylic acids is 1. The summed E-state index contributed by atoms with van der Waals surface area (Å²) in [5, 5.41) is 3.90. The summed E-state index contributed by atoms with van der Waals surface area (Å²) in [7, 11) is 0. The van der Waals surface area contributed by atoms with E-state index in [1.807, 2.05) is 0 Å². The third kappa shape index (κ3) is 2.96. The number of likely N-dealkylation sites (tertiary alicyclic amines) is 1. The summed E-state index contributed by atoms with van der Waals surface area (Å²) in [5.74, 6) is 0.478. The fourth-order valence-corrected chi connectivity index (χ4v) is 2.50. The van der Waals surface area contributed by atoms with E-state index in [-0.39, 0.29) is 17.5 Å². The molecule has 0 aliphatic carbocycles. The summed E-state index contributed by atoms with van der Waals surface area (Å²) in [4.78, 5) is 14.1. The first-order valence-electron chi connectivity index (χ1n) is 7.15. The van der Waals surface area contributed by atoms with Crippen LogP contribution in [0, 0.1) is 11.7 Å². The number of nitrogens with zero attached hydrogens (tertiary/aromatic N) is 2. The molecule has 0 unspecified atom stereocenters. The van der Waals surface area contributed by atoms with E-state index < -0.39 is 0 Å². The van der Waals surface area contributed by atoms with Crippen LogP contribution in [-0.2, 0) is 0 Å². The first kappa shape index (κ1) is 13.8. The maximum Gasteiger partial charge on any atom is 0.292 e. The van der Waals surface area contributed by atoms with Gasteiger partial charge in [0.25, 0.3) is 5.91 Å². The van der Waals surface area contributed by atoms with Crippen LogP contribution in [0.3, 0.4) is 0 Å². The zero-order valence-corrected chi connectivity index (χ0v) is 11.9. The Morgan fingerprint density at radius 3 is 2.62 bits per heavy atom. The Labute approximate surface area is 122 Å². The second-order valence-corrected chi connectivity index (χ2v) is 5.56. The third-order valence-corrected chi connectivity index (χ3v) is 3.93. The molecule has 3 rings (SSSR count). The Hall–Kier alpha value is -2.17. The first-order chi connectivity index (χ1) is 10.1. The number of rotatable bonds is 2. The molecule has 0 spiro atoms. The highest BCUT2D eigenvalue weighted by atomic mass is 19.1. The highest BCUT2D eigenvalue weighted by Gasteiger charge is 2.24. The fourth-order valence-electron chi connectivity index (χ4n) is 2.50. The number of halogens is 1. The highest BCUT2D eigenvalue weighted by Crippen LogP contribution is 2.22. The quantitative estimate of drug-likeness (QED) is 0.851. The molecule has 4 nitrogen and oxygen atoms in total. The van der Waals surface area contributed by atoms with Crippen LogP contribution in [0.4, 0.5) is 4.39 Å². The minimum atomic E-state index is -0.305. The van der Waals surface area contributed by atoms with Gasteiger partial charge in [-0.3, -0.25) is 4.79 Å². The monoisotopic (exact) mass is 288 g/mol. The molecule has 1 saturated heterocycles. The van der Waals surface area contributed by atoms with Crippen LogP contribution >= 0.6 is 0 Å². The van der Waals surface area contributed by atoms with Crippen molar-refractivity contribution in [1.29, 1.82) is 0 Å². The van der Waals surface area contributed by atoms with Gasteiger partial charge in [0.2, 0.25) is 5.76 Å². The van der Waals surface area contributed by atoms with E-state index in [2.05, 4.69) is 12.1 Å². The molecule has 2 heterocycles. The lowest BCUT2D eigenvalue weighted by molar-refractivity contribution is 0.0655. The van der Waals surface area contributed by atoms with Crippen molar-refractivity contribution >= 4 is 5.91 Å². The molecule has 5 heteroatoms. The molecule has 1 aromatic heterocycles. The Kier molecular flexibility index (Phi) is 3.73. The highest BCUT2D eigenvalue weighted by molar-refractivity contribution is 5.92. The summed E-state index contributed by atoms with van der Waals surface area (Å²) in [5.41, 5.74) is 1.27. The van der Waals surface area contributed by atoms with Crippen LogP contribution in [0.5, 0.6) is 0 Å². The van der Waals surface area contributed by atoms with Crippen molar-refractivity contribution < 1.29 is 13.7 Å². The molecule has 1 aromatic carbocycles. The van der Waals surface area contributed by atoms with Crippen LogP contribution in [-0.4, -0.2) is 29.1 Å². The normalized spacial score (nSPS) is 16.2. The molecule has 1 aliphatic rings. The van der Waals surface area contributed by atoms with Gasteiger partial charge in [0.05, 0.1) is 0 Å². The molecule has 21 heavy (non-hydrogen) atoms. The Balaban J connectivity index is 1.75. The van der Waals surface area contributed by atoms with Crippen molar-refractivity contribution in [2.45, 2.75) is 19.8 Å². The van der Waals surface area contributed by atoms with E-state index in [1.54, 1.807) is 23.1 Å². The lowest BCUT2D eigenvalue weighted by atomic mass is 9.99. The van der Waals surface area contributed by atoms with Crippen LogP contribution in [0.15, 0.2) is 34.9 Å². The average molecular weight is 288 g/mol. The predicted molar refractivity (Wildman–Crippen MR) is 76.2 cm³/mol. The number of aromatic nitrogens is 1. The molecule has 0 radical (unpaired) electrons. The molecule has 1 fully saturated rings. The van der Waals surface area contributed by atoms with E-state index in [1.165, 1.54) is 12.1 Å². The number of hydrogen-bond donors (Lipinski definition) is 0. The van der Waals surface area contributed by atoms with Gasteiger partial charge in [0, 0.05) is 24.7 Å². The minimum Gasteiger partial charge on any atom is -0.350 e. The van der Waals surface area contributed by atoms with Crippen molar-refractivity contribution in [2.75, 3.05) is 13.1 Å². The minimum absolute atomic E-state index is 0.122. The SMILES string of the molecule is CC1CCN(C(=O)c2cc(-c3ccc(F)cc3)no2)CC1. The Morgan fingerprint density at radius 1 is 1.29 bits per heavy atom. The molecule has 0 bridgehead atoms. The summed E-state index contributed by atoms with van der Waals surface area (Å²) >= 11 is 0. The summed E-state index contributed by atoms with van der Waals surface area (Å²) < 4.78 is 18.1. The zero-order valence-electron chi connectivity index (χ0n) is 11.9. The molecule has 1 amide bonds. The van der Waals surface area contributed by atoms with Gasteiger partial charge < -0.3 is 9.42 Å². The van der Waals surface area contributed by atoms with Gasteiger partial charge in [-0.15, -0.1) is 0 Å². The summed E-state index contributed by atoms with van der Waals surface area (Å²) in [6, 6.07) is 7.57. The fraction of sp³-hybridized carbons (Fsp3) is 0.375. The largest absolute Gasteiger partial charge is 0.350 e. The van der Waals surface area contributed by atoms with Gasteiger partial charge >= 0.3 is 0 Å². The number of piperidine rings is 1. The average Bonchev–Trinajstić information content (AvgIpc) is 2.98. The summed E-state index contributed by atoms with van der Waals surface area (Å²) in [6.45, 7) is 3.71. The number of hydrogen-bond acceptors (Lipinski definition) is 3. The Bertz CT molecular complexity index is 628. The van der Waals surface area contributed by atoms with E-state index in [0.29, 0.717) is 11.6 Å². The second-order valence-electron chi connectivity index (χ2n) is 5.56. The second kappa shape index (κ2) is 5.68. The number of carbonyl (C=O) groups is 1. The third-order valence-electron chi connectivity index (χ3n) is 3.93. The number of amides is 1. The molecule has 0 saturated carbocycles. The maximum absolute atomic E-state index is 12.9. The molecule has 1 aliphatic heterocycles. The lowest BCUT2D eigenvalue weighted by Crippen LogP contribution is -2.37. The van der Waals surface area contributed by atoms with E-state index in [0.717, 1.165) is 31.5 Å². The van der Waals surface area contributed by atoms with Crippen LogP contribution < -0.4 is 0 Å². The van der Waals surface area contributed by atoms with Crippen molar-refractivity contribution in [1.82, 2.24) is 10.1 Å². The van der Waals surface area contributed by atoms with Crippen LogP contribution in [0.1, 0.15) is 30.3 Å². The number of benzene rings is 1. The topological polar surface area (TPSA) is 46.3 Å². The molecule has 0 atom stereocenters. The van der Waals surface area contributed by atoms with Gasteiger partial charge in [0.1, 0.15) is 11.5 Å². The zero-order chi connectivity index (χ0) is 14.8. The van der Waals surface area contributed by atoms with Crippen LogP contribution in [0.25, 0.3) is 11.3 Å². The lowest BCUT2D eigenvalue weighted by Gasteiger charge is -2.29. The van der Waals surface area contributed by atoms with Crippen molar-refractivity contribution in [3.63, 3.8) is 0 Å². The molecule has 2 aromatic rings. The van der Waals surface area contributed by atoms with E-state index in [4.69, 9.17) is 4.52 Å². The van der Waals surface area contributed by atoms with E-state index in [9.17, 15) is 9.18 Å².